The van der Waals surface area contributed by atoms with E-state index in [1.54, 1.807) is 0 Å². The van der Waals surface area contributed by atoms with E-state index in [1.165, 1.54) is 6.20 Å². The van der Waals surface area contributed by atoms with Crippen LogP contribution in [0.15, 0.2) is 18.3 Å². The average molecular weight is 354 g/mol. The minimum atomic E-state index is -4.36. The Hall–Kier alpha value is -2.16. The van der Waals surface area contributed by atoms with Crippen LogP contribution in [-0.4, -0.2) is 44.8 Å². The first-order chi connectivity index (χ1) is 11.7. The normalized spacial score (nSPS) is 20.6. The highest BCUT2D eigenvalue weighted by atomic mass is 19.4. The van der Waals surface area contributed by atoms with E-state index in [-0.39, 0.29) is 17.8 Å². The average Bonchev–Trinajstić information content (AvgIpc) is 2.82. The van der Waals surface area contributed by atoms with Gasteiger partial charge in [-0.15, -0.1) is 10.2 Å². The van der Waals surface area contributed by atoms with Crippen LogP contribution < -0.4 is 5.32 Å². The predicted molar refractivity (Wildman–Crippen MR) is 87.0 cm³/mol. The van der Waals surface area contributed by atoms with E-state index in [1.807, 2.05) is 30.6 Å². The number of halogens is 3. The molecule has 1 N–H and O–H groups in total. The standard InChI is InChI=1S/C16H21F3N6/c1-24(2)9-14-22-23-15(25(14)3)10-6-12(7-10)21-13-8-11(4-5-20-13)16(17,18)19/h4-5,8,10,12H,6-7,9H2,1-3H3,(H,20,21). The van der Waals surface area contributed by atoms with Crippen molar-refractivity contribution in [1.29, 1.82) is 0 Å². The Balaban J connectivity index is 1.59. The Morgan fingerprint density at radius 1 is 1.28 bits per heavy atom. The number of aromatic nitrogens is 4. The summed E-state index contributed by atoms with van der Waals surface area (Å²) in [7, 11) is 5.89. The highest BCUT2D eigenvalue weighted by Crippen LogP contribution is 2.38. The highest BCUT2D eigenvalue weighted by molar-refractivity contribution is 5.40. The zero-order valence-electron chi connectivity index (χ0n) is 14.4. The molecule has 1 aliphatic rings. The molecule has 2 aromatic rings. The van der Waals surface area contributed by atoms with Crippen LogP contribution in [0.4, 0.5) is 19.0 Å². The maximum atomic E-state index is 12.7. The van der Waals surface area contributed by atoms with Crippen molar-refractivity contribution in [2.24, 2.45) is 7.05 Å². The van der Waals surface area contributed by atoms with Crippen LogP contribution in [0.5, 0.6) is 0 Å². The van der Waals surface area contributed by atoms with E-state index in [4.69, 9.17) is 0 Å². The summed E-state index contributed by atoms with van der Waals surface area (Å²) >= 11 is 0. The van der Waals surface area contributed by atoms with Gasteiger partial charge in [0.15, 0.2) is 0 Å². The van der Waals surface area contributed by atoms with Crippen LogP contribution in [0, 0.1) is 0 Å². The van der Waals surface area contributed by atoms with Gasteiger partial charge in [-0.05, 0) is 39.1 Å². The molecule has 0 amide bonds. The molecule has 1 saturated carbocycles. The predicted octanol–water partition coefficient (Wildman–Crippen LogP) is 2.65. The number of nitrogens with zero attached hydrogens (tertiary/aromatic N) is 5. The van der Waals surface area contributed by atoms with Crippen LogP contribution in [0.2, 0.25) is 0 Å². The molecule has 9 heteroatoms. The van der Waals surface area contributed by atoms with Gasteiger partial charge in [-0.2, -0.15) is 13.2 Å². The molecule has 3 rings (SSSR count). The van der Waals surface area contributed by atoms with E-state index in [9.17, 15) is 13.2 Å². The minimum Gasteiger partial charge on any atom is -0.367 e. The lowest BCUT2D eigenvalue weighted by molar-refractivity contribution is -0.137. The van der Waals surface area contributed by atoms with Gasteiger partial charge in [0.1, 0.15) is 17.5 Å². The molecule has 0 aromatic carbocycles. The van der Waals surface area contributed by atoms with Gasteiger partial charge < -0.3 is 14.8 Å². The second-order valence-corrected chi connectivity index (χ2v) is 6.71. The van der Waals surface area contributed by atoms with Crippen molar-refractivity contribution in [1.82, 2.24) is 24.6 Å². The summed E-state index contributed by atoms with van der Waals surface area (Å²) in [6.07, 6.45) is -1.59. The number of rotatable bonds is 5. The van der Waals surface area contributed by atoms with Crippen molar-refractivity contribution in [2.45, 2.75) is 37.5 Å². The number of alkyl halides is 3. The molecule has 2 heterocycles. The number of pyridine rings is 1. The first kappa shape index (κ1) is 17.7. The van der Waals surface area contributed by atoms with E-state index in [0.29, 0.717) is 6.54 Å². The SMILES string of the molecule is CN(C)Cc1nnc(C2CC(Nc3cc(C(F)(F)F)ccn3)C2)n1C. The molecular weight excluding hydrogens is 333 g/mol. The molecule has 25 heavy (non-hydrogen) atoms. The van der Waals surface area contributed by atoms with E-state index in [0.717, 1.165) is 36.6 Å². The maximum absolute atomic E-state index is 12.7. The van der Waals surface area contributed by atoms with Crippen LogP contribution in [0.3, 0.4) is 0 Å². The van der Waals surface area contributed by atoms with E-state index < -0.39 is 11.7 Å². The molecule has 0 aliphatic heterocycles. The van der Waals surface area contributed by atoms with Crippen molar-refractivity contribution in [3.63, 3.8) is 0 Å². The summed E-state index contributed by atoms with van der Waals surface area (Å²) in [5.74, 6) is 2.34. The number of hydrogen-bond acceptors (Lipinski definition) is 5. The number of hydrogen-bond donors (Lipinski definition) is 1. The molecule has 0 saturated heterocycles. The fourth-order valence-electron chi connectivity index (χ4n) is 2.99. The van der Waals surface area contributed by atoms with Gasteiger partial charge in [-0.1, -0.05) is 0 Å². The lowest BCUT2D eigenvalue weighted by Crippen LogP contribution is -2.35. The third-order valence-corrected chi connectivity index (χ3v) is 4.40. The summed E-state index contributed by atoms with van der Waals surface area (Å²) in [5, 5.41) is 11.6. The van der Waals surface area contributed by atoms with E-state index in [2.05, 4.69) is 20.5 Å². The Bertz CT molecular complexity index is 734. The molecular formula is C16H21F3N6. The van der Waals surface area contributed by atoms with Crippen LogP contribution in [0.25, 0.3) is 0 Å². The van der Waals surface area contributed by atoms with Crippen molar-refractivity contribution in [3.05, 3.63) is 35.5 Å². The summed E-state index contributed by atoms with van der Waals surface area (Å²) < 4.78 is 40.2. The molecule has 0 spiro atoms. The van der Waals surface area contributed by atoms with Gasteiger partial charge in [-0.25, -0.2) is 4.98 Å². The van der Waals surface area contributed by atoms with E-state index >= 15 is 0 Å². The summed E-state index contributed by atoms with van der Waals surface area (Å²) in [5.41, 5.74) is -0.692. The monoisotopic (exact) mass is 354 g/mol. The third-order valence-electron chi connectivity index (χ3n) is 4.40. The smallest absolute Gasteiger partial charge is 0.367 e. The highest BCUT2D eigenvalue weighted by Gasteiger charge is 2.35. The van der Waals surface area contributed by atoms with Crippen molar-refractivity contribution in [3.8, 4) is 0 Å². The summed E-state index contributed by atoms with van der Waals surface area (Å²) in [4.78, 5) is 6.00. The fraction of sp³-hybridized carbons (Fsp3) is 0.562. The summed E-state index contributed by atoms with van der Waals surface area (Å²) in [6.45, 7) is 0.714. The van der Waals surface area contributed by atoms with Gasteiger partial charge in [0.05, 0.1) is 12.1 Å². The molecule has 0 radical (unpaired) electrons. The summed E-state index contributed by atoms with van der Waals surface area (Å²) in [6, 6.07) is 2.11. The number of nitrogens with one attached hydrogen (secondary N) is 1. The molecule has 6 nitrogen and oxygen atoms in total. The zero-order valence-corrected chi connectivity index (χ0v) is 14.4. The Kier molecular flexibility index (Phi) is 4.68. The molecule has 136 valence electrons. The van der Waals surface area contributed by atoms with Gasteiger partial charge in [-0.3, -0.25) is 0 Å². The van der Waals surface area contributed by atoms with Crippen molar-refractivity contribution in [2.75, 3.05) is 19.4 Å². The van der Waals surface area contributed by atoms with Crippen molar-refractivity contribution >= 4 is 5.82 Å². The largest absolute Gasteiger partial charge is 0.416 e. The first-order valence-electron chi connectivity index (χ1n) is 8.06. The lowest BCUT2D eigenvalue weighted by Gasteiger charge is -2.35. The lowest BCUT2D eigenvalue weighted by atomic mass is 9.79. The molecule has 1 fully saturated rings. The first-order valence-corrected chi connectivity index (χ1v) is 8.06. The second kappa shape index (κ2) is 6.62. The molecule has 0 bridgehead atoms. The van der Waals surface area contributed by atoms with Gasteiger partial charge in [0, 0.05) is 25.2 Å². The third kappa shape index (κ3) is 3.92. The molecule has 0 atom stereocenters. The van der Waals surface area contributed by atoms with Gasteiger partial charge >= 0.3 is 6.18 Å². The quantitative estimate of drug-likeness (QED) is 0.895. The fourth-order valence-corrected chi connectivity index (χ4v) is 2.99. The molecule has 2 aromatic heterocycles. The van der Waals surface area contributed by atoms with Gasteiger partial charge in [0.2, 0.25) is 0 Å². The Morgan fingerprint density at radius 2 is 2.00 bits per heavy atom. The van der Waals surface area contributed by atoms with Gasteiger partial charge in [0.25, 0.3) is 0 Å². The minimum absolute atomic E-state index is 0.0926. The maximum Gasteiger partial charge on any atom is 0.416 e. The molecule has 1 aliphatic carbocycles. The van der Waals surface area contributed by atoms with Crippen LogP contribution in [-0.2, 0) is 19.8 Å². The molecule has 0 unspecified atom stereocenters. The van der Waals surface area contributed by atoms with Crippen molar-refractivity contribution < 1.29 is 13.2 Å². The number of anilines is 1. The Labute approximate surface area is 144 Å². The van der Waals surface area contributed by atoms with Crippen LogP contribution >= 0.6 is 0 Å². The van der Waals surface area contributed by atoms with Crippen LogP contribution in [0.1, 0.15) is 36.0 Å². The zero-order chi connectivity index (χ0) is 18.2. The Morgan fingerprint density at radius 3 is 2.64 bits per heavy atom. The second-order valence-electron chi connectivity index (χ2n) is 6.71. The topological polar surface area (TPSA) is 58.9 Å².